The van der Waals surface area contributed by atoms with Crippen LogP contribution < -0.4 is 5.73 Å². The average molecular weight is 341 g/mol. The molecule has 0 unspecified atom stereocenters. The second-order valence-electron chi connectivity index (χ2n) is 5.80. The van der Waals surface area contributed by atoms with Gasteiger partial charge in [-0.2, -0.15) is 0 Å². The number of halogens is 1. The van der Waals surface area contributed by atoms with Gasteiger partial charge in [-0.15, -0.1) is 0 Å². The van der Waals surface area contributed by atoms with Gasteiger partial charge >= 0.3 is 0 Å². The van der Waals surface area contributed by atoms with Crippen molar-refractivity contribution < 1.29 is 4.92 Å². The minimum absolute atomic E-state index is 0.105. The zero-order chi connectivity index (χ0) is 14.6. The standard InChI is InChI=1S/C15H21BrN2O2/c16-14-12(6-5-7-13(14)18(19)20)10-15(11-17)8-3-1-2-4-9-15/h5-7H,1-4,8-11,17H2. The molecule has 2 rings (SSSR count). The van der Waals surface area contributed by atoms with Crippen LogP contribution in [0.3, 0.4) is 0 Å². The highest BCUT2D eigenvalue weighted by Crippen LogP contribution is 2.40. The molecule has 4 nitrogen and oxygen atoms in total. The second kappa shape index (κ2) is 6.68. The monoisotopic (exact) mass is 340 g/mol. The van der Waals surface area contributed by atoms with Crippen molar-refractivity contribution >= 4 is 21.6 Å². The maximum Gasteiger partial charge on any atom is 0.283 e. The normalized spacial score (nSPS) is 18.5. The Balaban J connectivity index is 2.27. The minimum Gasteiger partial charge on any atom is -0.330 e. The van der Waals surface area contributed by atoms with E-state index in [0.717, 1.165) is 24.8 Å². The highest BCUT2D eigenvalue weighted by Gasteiger charge is 2.31. The molecule has 1 aromatic rings. The Bertz CT molecular complexity index is 483. The molecule has 0 saturated heterocycles. The lowest BCUT2D eigenvalue weighted by Gasteiger charge is -2.32. The van der Waals surface area contributed by atoms with Crippen LogP contribution in [0.25, 0.3) is 0 Å². The van der Waals surface area contributed by atoms with E-state index < -0.39 is 0 Å². The first kappa shape index (κ1) is 15.4. The Morgan fingerprint density at radius 3 is 2.45 bits per heavy atom. The fourth-order valence-electron chi connectivity index (χ4n) is 3.18. The Hall–Kier alpha value is -0.940. The van der Waals surface area contributed by atoms with Gasteiger partial charge in [-0.3, -0.25) is 10.1 Å². The minimum atomic E-state index is -0.338. The van der Waals surface area contributed by atoms with Crippen LogP contribution in [-0.2, 0) is 6.42 Å². The predicted octanol–water partition coefficient (Wildman–Crippen LogP) is 4.20. The number of nitro groups is 1. The quantitative estimate of drug-likeness (QED) is 0.507. The van der Waals surface area contributed by atoms with Gasteiger partial charge in [0.05, 0.1) is 9.40 Å². The Kier molecular flexibility index (Phi) is 5.16. The van der Waals surface area contributed by atoms with E-state index in [1.165, 1.54) is 31.7 Å². The Labute approximate surface area is 128 Å². The summed E-state index contributed by atoms with van der Waals surface area (Å²) in [5, 5.41) is 11.0. The van der Waals surface area contributed by atoms with E-state index in [-0.39, 0.29) is 16.0 Å². The van der Waals surface area contributed by atoms with E-state index in [9.17, 15) is 10.1 Å². The first-order valence-electron chi connectivity index (χ1n) is 7.20. The molecule has 0 aromatic heterocycles. The van der Waals surface area contributed by atoms with Crippen molar-refractivity contribution in [1.82, 2.24) is 0 Å². The third kappa shape index (κ3) is 3.38. The summed E-state index contributed by atoms with van der Waals surface area (Å²) in [6.07, 6.45) is 8.05. The smallest absolute Gasteiger partial charge is 0.283 e. The van der Waals surface area contributed by atoms with E-state index >= 15 is 0 Å². The van der Waals surface area contributed by atoms with Crippen molar-refractivity contribution in [1.29, 1.82) is 0 Å². The number of hydrogen-bond acceptors (Lipinski definition) is 3. The molecule has 110 valence electrons. The lowest BCUT2D eigenvalue weighted by Crippen LogP contribution is -2.32. The first-order valence-corrected chi connectivity index (χ1v) is 7.99. The summed E-state index contributed by atoms with van der Waals surface area (Å²) in [6.45, 7) is 0.655. The molecule has 0 aliphatic heterocycles. The predicted molar refractivity (Wildman–Crippen MR) is 83.7 cm³/mol. The fraction of sp³-hybridized carbons (Fsp3) is 0.600. The van der Waals surface area contributed by atoms with Crippen LogP contribution in [-0.4, -0.2) is 11.5 Å². The molecular formula is C15H21BrN2O2. The number of hydrogen-bond donors (Lipinski definition) is 1. The summed E-state index contributed by atoms with van der Waals surface area (Å²) in [6, 6.07) is 5.27. The van der Waals surface area contributed by atoms with Gasteiger partial charge in [-0.25, -0.2) is 0 Å². The Morgan fingerprint density at radius 1 is 1.25 bits per heavy atom. The highest BCUT2D eigenvalue weighted by molar-refractivity contribution is 9.10. The van der Waals surface area contributed by atoms with Gasteiger partial charge in [0.25, 0.3) is 5.69 Å². The van der Waals surface area contributed by atoms with Gasteiger partial charge in [0, 0.05) is 6.07 Å². The third-order valence-electron chi connectivity index (χ3n) is 4.42. The second-order valence-corrected chi connectivity index (χ2v) is 6.60. The van der Waals surface area contributed by atoms with Crippen molar-refractivity contribution in [2.24, 2.45) is 11.1 Å². The zero-order valence-electron chi connectivity index (χ0n) is 11.6. The maximum atomic E-state index is 11.0. The van der Waals surface area contributed by atoms with Gasteiger partial charge in [0.15, 0.2) is 0 Å². The number of nitrogens with two attached hydrogens (primary N) is 1. The molecular weight excluding hydrogens is 320 g/mol. The van der Waals surface area contributed by atoms with Crippen molar-refractivity contribution in [3.8, 4) is 0 Å². The fourth-order valence-corrected chi connectivity index (χ4v) is 3.73. The van der Waals surface area contributed by atoms with Crippen LogP contribution in [0.4, 0.5) is 5.69 Å². The molecule has 0 bridgehead atoms. The average Bonchev–Trinajstić information content (AvgIpc) is 2.67. The maximum absolute atomic E-state index is 11.0. The summed E-state index contributed by atoms with van der Waals surface area (Å²) in [7, 11) is 0. The largest absolute Gasteiger partial charge is 0.330 e. The van der Waals surface area contributed by atoms with Crippen LogP contribution in [0.5, 0.6) is 0 Å². The molecule has 1 saturated carbocycles. The molecule has 0 radical (unpaired) electrons. The van der Waals surface area contributed by atoms with E-state index in [1.807, 2.05) is 6.07 Å². The van der Waals surface area contributed by atoms with Crippen molar-refractivity contribution in [2.75, 3.05) is 6.54 Å². The molecule has 0 heterocycles. The highest BCUT2D eigenvalue weighted by atomic mass is 79.9. The topological polar surface area (TPSA) is 69.2 Å². The molecule has 0 amide bonds. The van der Waals surface area contributed by atoms with Gasteiger partial charge in [0.2, 0.25) is 0 Å². The summed E-state index contributed by atoms with van der Waals surface area (Å²) >= 11 is 3.40. The van der Waals surface area contributed by atoms with E-state index in [2.05, 4.69) is 15.9 Å². The molecule has 5 heteroatoms. The summed E-state index contributed by atoms with van der Waals surface area (Å²) in [5.41, 5.74) is 7.31. The number of benzene rings is 1. The van der Waals surface area contributed by atoms with Gasteiger partial charge in [0.1, 0.15) is 0 Å². The van der Waals surface area contributed by atoms with Crippen molar-refractivity contribution in [3.63, 3.8) is 0 Å². The van der Waals surface area contributed by atoms with Gasteiger partial charge < -0.3 is 5.73 Å². The van der Waals surface area contributed by atoms with Crippen molar-refractivity contribution in [3.05, 3.63) is 38.3 Å². The molecule has 1 aliphatic carbocycles. The van der Waals surface area contributed by atoms with Crippen LogP contribution in [0, 0.1) is 15.5 Å². The molecule has 1 fully saturated rings. The molecule has 0 atom stereocenters. The number of nitrogens with zero attached hydrogens (tertiary/aromatic N) is 1. The van der Waals surface area contributed by atoms with Crippen LogP contribution in [0.15, 0.2) is 22.7 Å². The lowest BCUT2D eigenvalue weighted by molar-refractivity contribution is -0.385. The molecule has 1 aromatic carbocycles. The summed E-state index contributed by atoms with van der Waals surface area (Å²) in [5.74, 6) is 0. The van der Waals surface area contributed by atoms with Crippen LogP contribution in [0.2, 0.25) is 0 Å². The molecule has 20 heavy (non-hydrogen) atoms. The van der Waals surface area contributed by atoms with Crippen LogP contribution >= 0.6 is 15.9 Å². The first-order chi connectivity index (χ1) is 9.58. The van der Waals surface area contributed by atoms with Crippen molar-refractivity contribution in [2.45, 2.75) is 44.9 Å². The lowest BCUT2D eigenvalue weighted by atomic mass is 9.75. The molecule has 0 spiro atoms. The van der Waals surface area contributed by atoms with Crippen LogP contribution in [0.1, 0.15) is 44.1 Å². The Morgan fingerprint density at radius 2 is 1.90 bits per heavy atom. The zero-order valence-corrected chi connectivity index (χ0v) is 13.2. The summed E-state index contributed by atoms with van der Waals surface area (Å²) < 4.78 is 0.613. The summed E-state index contributed by atoms with van der Waals surface area (Å²) in [4.78, 5) is 10.7. The van der Waals surface area contributed by atoms with E-state index in [4.69, 9.17) is 5.73 Å². The van der Waals surface area contributed by atoms with E-state index in [1.54, 1.807) is 6.07 Å². The molecule has 1 aliphatic rings. The van der Waals surface area contributed by atoms with Gasteiger partial charge in [-0.05, 0) is 52.7 Å². The SMILES string of the molecule is NCC1(Cc2cccc([N+](=O)[O-])c2Br)CCCCCC1. The third-order valence-corrected chi connectivity index (χ3v) is 5.33. The van der Waals surface area contributed by atoms with E-state index in [0.29, 0.717) is 11.0 Å². The number of rotatable bonds is 4. The molecule has 2 N–H and O–H groups in total. The number of nitro benzene ring substituents is 1. The van der Waals surface area contributed by atoms with Gasteiger partial charge in [-0.1, -0.05) is 37.8 Å².